The molecule has 1 heterocycles. The molecule has 0 atom stereocenters. The Balaban J connectivity index is 2.44. The van der Waals surface area contributed by atoms with E-state index in [4.69, 9.17) is 12.2 Å². The monoisotopic (exact) mass is 235 g/mol. The molecule has 0 radical (unpaired) electrons. The number of thiocarbonyl (C=S) groups is 1. The van der Waals surface area contributed by atoms with E-state index >= 15 is 0 Å². The second-order valence-electron chi connectivity index (χ2n) is 2.41. The minimum Gasteiger partial charge on any atom is -0.363 e. The zero-order chi connectivity index (χ0) is 9.84. The molecule has 0 amide bonds. The highest BCUT2D eigenvalue weighted by atomic mass is 33.1. The lowest BCUT2D eigenvalue weighted by Gasteiger charge is -2.10. The van der Waals surface area contributed by atoms with Crippen molar-refractivity contribution in [3.63, 3.8) is 0 Å². The molecule has 0 unspecified atom stereocenters. The first kappa shape index (κ1) is 10.7. The van der Waals surface area contributed by atoms with Crippen LogP contribution in [0.25, 0.3) is 0 Å². The van der Waals surface area contributed by atoms with Crippen molar-refractivity contribution in [2.75, 3.05) is 14.1 Å². The van der Waals surface area contributed by atoms with E-state index < -0.39 is 0 Å². The van der Waals surface area contributed by atoms with Gasteiger partial charge < -0.3 is 4.90 Å². The predicted octanol–water partition coefficient (Wildman–Crippen LogP) is 0.797. The van der Waals surface area contributed by atoms with Gasteiger partial charge >= 0.3 is 0 Å². The van der Waals surface area contributed by atoms with Crippen LogP contribution < -0.4 is 0 Å². The second kappa shape index (κ2) is 4.77. The summed E-state index contributed by atoms with van der Waals surface area (Å²) in [6, 6.07) is 0. The Morgan fingerprint density at radius 3 is 2.69 bits per heavy atom. The van der Waals surface area contributed by atoms with Gasteiger partial charge in [-0.2, -0.15) is 0 Å². The topological polar surface area (TPSA) is 46.8 Å². The van der Waals surface area contributed by atoms with Crippen molar-refractivity contribution in [2.24, 2.45) is 7.05 Å². The Hall–Kier alpha value is -0.340. The normalized spacial score (nSPS) is 10.1. The molecule has 13 heavy (non-hydrogen) atoms. The number of aryl methyl sites for hydroxylation is 1. The summed E-state index contributed by atoms with van der Waals surface area (Å²) in [6.07, 6.45) is 0. The summed E-state index contributed by atoms with van der Waals surface area (Å²) in [4.78, 5) is 1.87. The lowest BCUT2D eigenvalue weighted by Crippen LogP contribution is -2.15. The van der Waals surface area contributed by atoms with Gasteiger partial charge in [-0.3, -0.25) is 0 Å². The highest BCUT2D eigenvalue weighted by Crippen LogP contribution is 2.29. The number of hydrogen-bond donors (Lipinski definition) is 0. The Kier molecular flexibility index (Phi) is 3.94. The molecule has 0 aromatic carbocycles. The molecule has 0 saturated heterocycles. The molecule has 0 fully saturated rings. The van der Waals surface area contributed by atoms with Crippen LogP contribution in [0.3, 0.4) is 0 Å². The average molecular weight is 235 g/mol. The van der Waals surface area contributed by atoms with Crippen molar-refractivity contribution >= 4 is 38.1 Å². The van der Waals surface area contributed by atoms with Gasteiger partial charge in [0.15, 0.2) is 0 Å². The molecular weight excluding hydrogens is 226 g/mol. The molecule has 8 heteroatoms. The van der Waals surface area contributed by atoms with Crippen molar-refractivity contribution in [2.45, 2.75) is 5.16 Å². The maximum absolute atomic E-state index is 5.08. The molecular formula is C5H9N5S3. The standard InChI is InChI=1S/C5H9N5S3/c1-9(2)5(11)13-12-4-6-7-8-10(4)3/h1-3H3. The fourth-order valence-electron chi connectivity index (χ4n) is 0.439. The Bertz CT molecular complexity index is 296. The quantitative estimate of drug-likeness (QED) is 0.555. The summed E-state index contributed by atoms with van der Waals surface area (Å²) in [5, 5.41) is 11.8. The van der Waals surface area contributed by atoms with Gasteiger partial charge in [-0.25, -0.2) is 4.68 Å². The summed E-state index contributed by atoms with van der Waals surface area (Å²) < 4.78 is 2.41. The zero-order valence-corrected chi connectivity index (χ0v) is 9.91. The third kappa shape index (κ3) is 3.12. The SMILES string of the molecule is CN(C)C(=S)SSc1nnnn1C. The van der Waals surface area contributed by atoms with Crippen LogP contribution in [0, 0.1) is 0 Å². The minimum atomic E-state index is 0.745. The molecule has 0 spiro atoms. The lowest BCUT2D eigenvalue weighted by molar-refractivity contribution is 0.648. The Morgan fingerprint density at radius 2 is 2.23 bits per heavy atom. The molecule has 0 aliphatic carbocycles. The van der Waals surface area contributed by atoms with Crippen molar-refractivity contribution in [3.05, 3.63) is 0 Å². The van der Waals surface area contributed by atoms with Gasteiger partial charge in [-0.15, -0.1) is 5.10 Å². The van der Waals surface area contributed by atoms with E-state index in [0.29, 0.717) is 0 Å². The van der Waals surface area contributed by atoms with Gasteiger partial charge in [0, 0.05) is 21.1 Å². The van der Waals surface area contributed by atoms with Crippen LogP contribution in [0.2, 0.25) is 0 Å². The van der Waals surface area contributed by atoms with Crippen molar-refractivity contribution in [1.29, 1.82) is 0 Å². The lowest BCUT2D eigenvalue weighted by atomic mass is 11.0. The van der Waals surface area contributed by atoms with Gasteiger partial charge in [0.1, 0.15) is 4.32 Å². The van der Waals surface area contributed by atoms with Crippen LogP contribution >= 0.6 is 33.8 Å². The maximum Gasteiger partial charge on any atom is 0.220 e. The second-order valence-corrected chi connectivity index (χ2v) is 5.14. The van der Waals surface area contributed by atoms with Gasteiger partial charge in [0.05, 0.1) is 0 Å². The number of nitrogens with zero attached hydrogens (tertiary/aromatic N) is 5. The summed E-state index contributed by atoms with van der Waals surface area (Å²) in [7, 11) is 8.53. The van der Waals surface area contributed by atoms with Crippen LogP contribution in [0.15, 0.2) is 5.16 Å². The maximum atomic E-state index is 5.08. The van der Waals surface area contributed by atoms with E-state index in [9.17, 15) is 0 Å². The molecule has 1 aromatic heterocycles. The number of hydrogen-bond acceptors (Lipinski definition) is 6. The van der Waals surface area contributed by atoms with E-state index in [1.54, 1.807) is 11.7 Å². The van der Waals surface area contributed by atoms with Crippen LogP contribution in [0.4, 0.5) is 0 Å². The first-order valence-corrected chi connectivity index (χ1v) is 5.95. The summed E-state index contributed by atoms with van der Waals surface area (Å²) in [5.41, 5.74) is 0. The van der Waals surface area contributed by atoms with Gasteiger partial charge in [0.25, 0.3) is 0 Å². The molecule has 1 rings (SSSR count). The fraction of sp³-hybridized carbons (Fsp3) is 0.600. The molecule has 72 valence electrons. The number of aromatic nitrogens is 4. The first-order valence-electron chi connectivity index (χ1n) is 3.39. The minimum absolute atomic E-state index is 0.745. The molecule has 5 nitrogen and oxygen atoms in total. The first-order chi connectivity index (χ1) is 6.11. The molecule has 0 aliphatic rings. The third-order valence-corrected chi connectivity index (χ3v) is 4.32. The van der Waals surface area contributed by atoms with Gasteiger partial charge in [-0.05, 0) is 32.0 Å². The van der Waals surface area contributed by atoms with E-state index in [-0.39, 0.29) is 0 Å². The zero-order valence-electron chi connectivity index (χ0n) is 7.46. The van der Waals surface area contributed by atoms with Crippen molar-refractivity contribution in [3.8, 4) is 0 Å². The van der Waals surface area contributed by atoms with Crippen LogP contribution in [0.5, 0.6) is 0 Å². The fourth-order valence-corrected chi connectivity index (χ4v) is 2.56. The average Bonchev–Trinajstić information content (AvgIpc) is 2.47. The summed E-state index contributed by atoms with van der Waals surface area (Å²) in [6.45, 7) is 0. The molecule has 0 bridgehead atoms. The van der Waals surface area contributed by atoms with Gasteiger partial charge in [-0.1, -0.05) is 12.2 Å². The number of rotatable bonds is 2. The molecule has 1 aromatic rings. The third-order valence-electron chi connectivity index (χ3n) is 1.13. The molecule has 0 saturated carbocycles. The van der Waals surface area contributed by atoms with Crippen molar-refractivity contribution < 1.29 is 0 Å². The number of tetrazole rings is 1. The highest BCUT2D eigenvalue weighted by molar-refractivity contribution is 8.83. The van der Waals surface area contributed by atoms with Crippen molar-refractivity contribution in [1.82, 2.24) is 25.1 Å². The Morgan fingerprint density at radius 1 is 1.54 bits per heavy atom. The van der Waals surface area contributed by atoms with Gasteiger partial charge in [0.2, 0.25) is 5.16 Å². The van der Waals surface area contributed by atoms with Crippen LogP contribution in [0.1, 0.15) is 0 Å². The van der Waals surface area contributed by atoms with E-state index in [1.807, 2.05) is 19.0 Å². The Labute approximate surface area is 89.6 Å². The van der Waals surface area contributed by atoms with E-state index in [2.05, 4.69) is 15.5 Å². The summed E-state index contributed by atoms with van der Waals surface area (Å²) >= 11 is 5.08. The molecule has 0 aliphatic heterocycles. The smallest absolute Gasteiger partial charge is 0.220 e. The molecule has 0 N–H and O–H groups in total. The van der Waals surface area contributed by atoms with E-state index in [1.165, 1.54) is 21.6 Å². The van der Waals surface area contributed by atoms with Crippen LogP contribution in [-0.4, -0.2) is 43.5 Å². The van der Waals surface area contributed by atoms with E-state index in [0.717, 1.165) is 9.48 Å². The summed E-state index contributed by atoms with van der Waals surface area (Å²) in [5.74, 6) is 0. The predicted molar refractivity (Wildman–Crippen MR) is 58.5 cm³/mol. The highest BCUT2D eigenvalue weighted by Gasteiger charge is 2.06. The largest absolute Gasteiger partial charge is 0.363 e. The van der Waals surface area contributed by atoms with Crippen LogP contribution in [-0.2, 0) is 7.05 Å².